The minimum Gasteiger partial charge on any atom is -0.497 e. The Labute approximate surface area is 108 Å². The van der Waals surface area contributed by atoms with Gasteiger partial charge in [0.2, 0.25) is 4.96 Å². The Balaban J connectivity index is 2.10. The third-order valence-corrected chi connectivity index (χ3v) is 3.55. The van der Waals surface area contributed by atoms with E-state index < -0.39 is 0 Å². The fraction of sp³-hybridized carbons (Fsp3) is 0.167. The van der Waals surface area contributed by atoms with Crippen LogP contribution in [0.5, 0.6) is 5.75 Å². The van der Waals surface area contributed by atoms with Crippen LogP contribution in [0.4, 0.5) is 0 Å². The Morgan fingerprint density at radius 3 is 3.11 bits per heavy atom. The van der Waals surface area contributed by atoms with Gasteiger partial charge in [0.05, 0.1) is 12.8 Å². The third kappa shape index (κ3) is 1.75. The number of nitrogens with two attached hydrogens (primary N) is 1. The highest BCUT2D eigenvalue weighted by Crippen LogP contribution is 2.23. The van der Waals surface area contributed by atoms with Crippen LogP contribution in [0.2, 0.25) is 0 Å². The number of methoxy groups -OCH3 is 1. The standard InChI is InChI=1S/C12H12N4OS/c1-17-10-4-2-3-8(5-10)11-14-12-16(15-11)9(6-13)7-18-12/h2-5,7H,6,13H2,1H3. The van der Waals surface area contributed by atoms with Gasteiger partial charge in [0.25, 0.3) is 0 Å². The largest absolute Gasteiger partial charge is 0.497 e. The smallest absolute Gasteiger partial charge is 0.212 e. The highest BCUT2D eigenvalue weighted by atomic mass is 32.1. The fourth-order valence-corrected chi connectivity index (χ4v) is 2.59. The van der Waals surface area contributed by atoms with Gasteiger partial charge in [-0.05, 0) is 12.1 Å². The van der Waals surface area contributed by atoms with Gasteiger partial charge in [-0.15, -0.1) is 16.4 Å². The second kappa shape index (κ2) is 4.40. The van der Waals surface area contributed by atoms with Gasteiger partial charge < -0.3 is 10.5 Å². The van der Waals surface area contributed by atoms with Crippen molar-refractivity contribution in [3.05, 3.63) is 35.3 Å². The van der Waals surface area contributed by atoms with Crippen LogP contribution < -0.4 is 10.5 Å². The number of benzene rings is 1. The predicted octanol–water partition coefficient (Wildman–Crippen LogP) is 1.93. The van der Waals surface area contributed by atoms with Gasteiger partial charge >= 0.3 is 0 Å². The molecule has 0 aliphatic rings. The maximum atomic E-state index is 5.65. The van der Waals surface area contributed by atoms with Crippen LogP contribution in [-0.4, -0.2) is 21.7 Å². The number of rotatable bonds is 3. The van der Waals surface area contributed by atoms with Crippen LogP contribution in [0.1, 0.15) is 5.69 Å². The van der Waals surface area contributed by atoms with Gasteiger partial charge in [0.1, 0.15) is 5.75 Å². The van der Waals surface area contributed by atoms with Crippen molar-refractivity contribution in [2.24, 2.45) is 5.73 Å². The molecule has 0 fully saturated rings. The van der Waals surface area contributed by atoms with Crippen LogP contribution in [-0.2, 0) is 6.54 Å². The Bertz CT molecular complexity index is 688. The van der Waals surface area contributed by atoms with Crippen LogP contribution in [0.3, 0.4) is 0 Å². The van der Waals surface area contributed by atoms with Gasteiger partial charge in [0, 0.05) is 17.5 Å². The Morgan fingerprint density at radius 1 is 1.44 bits per heavy atom. The molecule has 0 unspecified atom stereocenters. The Kier molecular flexibility index (Phi) is 2.73. The van der Waals surface area contributed by atoms with Crippen molar-refractivity contribution in [1.29, 1.82) is 0 Å². The molecule has 3 rings (SSSR count). The monoisotopic (exact) mass is 260 g/mol. The van der Waals surface area contributed by atoms with E-state index in [9.17, 15) is 0 Å². The van der Waals surface area contributed by atoms with E-state index in [1.807, 2.05) is 29.6 Å². The number of hydrogen-bond acceptors (Lipinski definition) is 5. The summed E-state index contributed by atoms with van der Waals surface area (Å²) in [6.45, 7) is 0.459. The van der Waals surface area contributed by atoms with Crippen molar-refractivity contribution in [3.63, 3.8) is 0 Å². The van der Waals surface area contributed by atoms with Crippen molar-refractivity contribution in [2.45, 2.75) is 6.54 Å². The summed E-state index contributed by atoms with van der Waals surface area (Å²) < 4.78 is 6.99. The number of thiazole rings is 1. The molecule has 0 saturated carbocycles. The molecule has 18 heavy (non-hydrogen) atoms. The summed E-state index contributed by atoms with van der Waals surface area (Å²) in [5.41, 5.74) is 7.56. The number of ether oxygens (including phenoxy) is 1. The first kappa shape index (κ1) is 11.2. The summed E-state index contributed by atoms with van der Waals surface area (Å²) in [5.74, 6) is 1.49. The predicted molar refractivity (Wildman–Crippen MR) is 70.7 cm³/mol. The molecular formula is C12H12N4OS. The van der Waals surface area contributed by atoms with E-state index in [0.717, 1.165) is 22.0 Å². The number of fused-ring (bicyclic) bond motifs is 1. The molecule has 2 heterocycles. The molecule has 0 spiro atoms. The molecule has 0 aliphatic heterocycles. The number of hydrogen-bond donors (Lipinski definition) is 1. The summed E-state index contributed by atoms with van der Waals surface area (Å²) in [6, 6.07) is 7.70. The lowest BCUT2D eigenvalue weighted by molar-refractivity contribution is 0.415. The van der Waals surface area contributed by atoms with E-state index in [-0.39, 0.29) is 0 Å². The minimum atomic E-state index is 0.459. The zero-order valence-corrected chi connectivity index (χ0v) is 10.6. The van der Waals surface area contributed by atoms with Gasteiger partial charge in [-0.3, -0.25) is 0 Å². The SMILES string of the molecule is COc1cccc(-c2nc3scc(CN)n3n2)c1. The lowest BCUT2D eigenvalue weighted by Crippen LogP contribution is -2.01. The number of aromatic nitrogens is 3. The molecular weight excluding hydrogens is 248 g/mol. The second-order valence-electron chi connectivity index (χ2n) is 3.79. The minimum absolute atomic E-state index is 0.459. The van der Waals surface area contributed by atoms with E-state index in [2.05, 4.69) is 10.1 Å². The summed E-state index contributed by atoms with van der Waals surface area (Å²) in [5, 5.41) is 6.45. The van der Waals surface area contributed by atoms with Crippen molar-refractivity contribution in [3.8, 4) is 17.1 Å². The van der Waals surface area contributed by atoms with Crippen LogP contribution in [0.25, 0.3) is 16.3 Å². The zero-order valence-electron chi connectivity index (χ0n) is 9.83. The molecule has 3 aromatic rings. The maximum absolute atomic E-state index is 5.65. The molecule has 0 saturated heterocycles. The normalized spacial score (nSPS) is 11.0. The van der Waals surface area contributed by atoms with E-state index >= 15 is 0 Å². The van der Waals surface area contributed by atoms with E-state index in [4.69, 9.17) is 10.5 Å². The van der Waals surface area contributed by atoms with Crippen LogP contribution in [0, 0.1) is 0 Å². The van der Waals surface area contributed by atoms with Crippen LogP contribution >= 0.6 is 11.3 Å². The fourth-order valence-electron chi connectivity index (χ4n) is 1.75. The van der Waals surface area contributed by atoms with Crippen LogP contribution in [0.15, 0.2) is 29.6 Å². The summed E-state index contributed by atoms with van der Waals surface area (Å²) in [7, 11) is 1.64. The molecule has 0 aliphatic carbocycles. The van der Waals surface area contributed by atoms with E-state index in [1.54, 1.807) is 23.0 Å². The molecule has 0 bridgehead atoms. The second-order valence-corrected chi connectivity index (χ2v) is 4.63. The van der Waals surface area contributed by atoms with Gasteiger partial charge in [-0.25, -0.2) is 4.52 Å². The number of nitrogens with zero attached hydrogens (tertiary/aromatic N) is 3. The molecule has 6 heteroatoms. The Hall–Kier alpha value is -1.92. The molecule has 0 radical (unpaired) electrons. The molecule has 0 amide bonds. The van der Waals surface area contributed by atoms with Gasteiger partial charge in [-0.2, -0.15) is 4.98 Å². The third-order valence-electron chi connectivity index (χ3n) is 2.69. The maximum Gasteiger partial charge on any atom is 0.212 e. The summed E-state index contributed by atoms with van der Waals surface area (Å²) in [4.78, 5) is 5.34. The van der Waals surface area contributed by atoms with E-state index in [0.29, 0.717) is 12.4 Å². The topological polar surface area (TPSA) is 65.4 Å². The molecule has 5 nitrogen and oxygen atoms in total. The summed E-state index contributed by atoms with van der Waals surface area (Å²) in [6.07, 6.45) is 0. The average molecular weight is 260 g/mol. The van der Waals surface area contributed by atoms with Gasteiger partial charge in [-0.1, -0.05) is 12.1 Å². The van der Waals surface area contributed by atoms with Crippen molar-refractivity contribution < 1.29 is 4.74 Å². The highest BCUT2D eigenvalue weighted by Gasteiger charge is 2.10. The molecule has 2 aromatic heterocycles. The molecule has 92 valence electrons. The average Bonchev–Trinajstić information content (AvgIpc) is 2.98. The lowest BCUT2D eigenvalue weighted by Gasteiger charge is -2.00. The first-order valence-electron chi connectivity index (χ1n) is 5.49. The quantitative estimate of drug-likeness (QED) is 0.781. The van der Waals surface area contributed by atoms with E-state index in [1.165, 1.54) is 0 Å². The first-order valence-corrected chi connectivity index (χ1v) is 6.37. The molecule has 2 N–H and O–H groups in total. The zero-order chi connectivity index (χ0) is 12.5. The first-order chi connectivity index (χ1) is 8.81. The highest BCUT2D eigenvalue weighted by molar-refractivity contribution is 7.15. The van der Waals surface area contributed by atoms with Crippen molar-refractivity contribution in [2.75, 3.05) is 7.11 Å². The molecule has 0 atom stereocenters. The van der Waals surface area contributed by atoms with Gasteiger partial charge in [0.15, 0.2) is 5.82 Å². The summed E-state index contributed by atoms with van der Waals surface area (Å²) >= 11 is 1.54. The van der Waals surface area contributed by atoms with Crippen molar-refractivity contribution >= 4 is 16.3 Å². The molecule has 1 aromatic carbocycles. The lowest BCUT2D eigenvalue weighted by atomic mass is 10.2. The Morgan fingerprint density at radius 2 is 2.33 bits per heavy atom. The van der Waals surface area contributed by atoms with Crippen molar-refractivity contribution in [1.82, 2.24) is 14.6 Å².